The first kappa shape index (κ1) is 14.7. The normalized spacial score (nSPS) is 16.1. The van der Waals surface area contributed by atoms with E-state index in [1.165, 1.54) is 0 Å². The summed E-state index contributed by atoms with van der Waals surface area (Å²) in [5, 5.41) is 15.9. The number of hydrogen-bond acceptors (Lipinski definition) is 5. The van der Waals surface area contributed by atoms with Crippen LogP contribution in [0.2, 0.25) is 5.02 Å². The van der Waals surface area contributed by atoms with Crippen LogP contribution in [0.15, 0.2) is 54.6 Å². The van der Waals surface area contributed by atoms with Crippen molar-refractivity contribution in [1.82, 2.24) is 20.2 Å². The van der Waals surface area contributed by atoms with E-state index in [-0.39, 0.29) is 6.04 Å². The Labute approximate surface area is 143 Å². The van der Waals surface area contributed by atoms with Crippen molar-refractivity contribution in [3.63, 3.8) is 0 Å². The minimum absolute atomic E-state index is 0.116. The second kappa shape index (κ2) is 5.98. The van der Waals surface area contributed by atoms with Crippen molar-refractivity contribution in [3.05, 3.63) is 70.8 Å². The summed E-state index contributed by atoms with van der Waals surface area (Å²) in [5.41, 5.74) is 2.98. The molecule has 120 valence electrons. The van der Waals surface area contributed by atoms with Crippen molar-refractivity contribution in [2.75, 3.05) is 12.4 Å². The van der Waals surface area contributed by atoms with E-state index >= 15 is 0 Å². The van der Waals surface area contributed by atoms with Crippen LogP contribution in [-0.4, -0.2) is 27.3 Å². The molecule has 0 spiro atoms. The minimum atomic E-state index is -0.116. The second-order valence-electron chi connectivity index (χ2n) is 5.38. The van der Waals surface area contributed by atoms with Crippen LogP contribution in [0.25, 0.3) is 5.70 Å². The van der Waals surface area contributed by atoms with E-state index in [1.807, 2.05) is 48.5 Å². The van der Waals surface area contributed by atoms with Crippen LogP contribution in [-0.2, 0) is 0 Å². The van der Waals surface area contributed by atoms with E-state index in [4.69, 9.17) is 16.3 Å². The number of ether oxygens (including phenoxy) is 1. The van der Waals surface area contributed by atoms with Crippen LogP contribution >= 0.6 is 11.6 Å². The third kappa shape index (κ3) is 2.61. The average molecular weight is 340 g/mol. The minimum Gasteiger partial charge on any atom is -0.497 e. The number of benzene rings is 2. The summed E-state index contributed by atoms with van der Waals surface area (Å²) in [6.07, 6.45) is 2.08. The Hall–Kier alpha value is -2.86. The molecule has 24 heavy (non-hydrogen) atoms. The Morgan fingerprint density at radius 2 is 2.00 bits per heavy atom. The first-order valence-corrected chi connectivity index (χ1v) is 7.79. The summed E-state index contributed by atoms with van der Waals surface area (Å²) in [7, 11) is 1.65. The van der Waals surface area contributed by atoms with Gasteiger partial charge >= 0.3 is 0 Å². The summed E-state index contributed by atoms with van der Waals surface area (Å²) in [6.45, 7) is 0. The second-order valence-corrected chi connectivity index (χ2v) is 5.82. The molecule has 3 aromatic rings. The van der Waals surface area contributed by atoms with Crippen LogP contribution < -0.4 is 10.1 Å². The highest BCUT2D eigenvalue weighted by atomic mass is 35.5. The topological polar surface area (TPSA) is 64.9 Å². The number of rotatable bonds is 3. The zero-order valence-electron chi connectivity index (χ0n) is 12.8. The molecule has 1 atom stereocenters. The van der Waals surface area contributed by atoms with Gasteiger partial charge in [-0.2, -0.15) is 4.68 Å². The van der Waals surface area contributed by atoms with Gasteiger partial charge in [0.1, 0.15) is 11.8 Å². The van der Waals surface area contributed by atoms with Crippen LogP contribution in [0.4, 0.5) is 5.95 Å². The highest BCUT2D eigenvalue weighted by molar-refractivity contribution is 6.30. The molecule has 2 aromatic carbocycles. The van der Waals surface area contributed by atoms with E-state index in [1.54, 1.807) is 11.8 Å². The van der Waals surface area contributed by atoms with Gasteiger partial charge in [0.05, 0.1) is 7.11 Å². The molecule has 6 nitrogen and oxygen atoms in total. The van der Waals surface area contributed by atoms with Crippen LogP contribution in [0.5, 0.6) is 5.75 Å². The molecule has 2 heterocycles. The van der Waals surface area contributed by atoms with E-state index in [0.717, 1.165) is 22.6 Å². The molecule has 7 heteroatoms. The van der Waals surface area contributed by atoms with Gasteiger partial charge < -0.3 is 10.1 Å². The summed E-state index contributed by atoms with van der Waals surface area (Å²) in [6, 6.07) is 15.4. The molecule has 0 saturated carbocycles. The van der Waals surface area contributed by atoms with Crippen molar-refractivity contribution < 1.29 is 4.74 Å². The Bertz CT molecular complexity index is 903. The fourth-order valence-corrected chi connectivity index (χ4v) is 2.84. The maximum Gasteiger partial charge on any atom is 0.248 e. The molecule has 1 aliphatic rings. The zero-order chi connectivity index (χ0) is 16.5. The molecule has 1 N–H and O–H groups in total. The van der Waals surface area contributed by atoms with Gasteiger partial charge in [-0.25, -0.2) is 0 Å². The monoisotopic (exact) mass is 339 g/mol. The number of nitrogens with zero attached hydrogens (tertiary/aromatic N) is 4. The van der Waals surface area contributed by atoms with Crippen molar-refractivity contribution in [3.8, 4) is 5.75 Å². The first-order valence-electron chi connectivity index (χ1n) is 7.41. The van der Waals surface area contributed by atoms with Gasteiger partial charge in [-0.3, -0.25) is 0 Å². The predicted molar refractivity (Wildman–Crippen MR) is 92.0 cm³/mol. The van der Waals surface area contributed by atoms with Gasteiger partial charge in [-0.05, 0) is 46.3 Å². The lowest BCUT2D eigenvalue weighted by atomic mass is 10.0. The van der Waals surface area contributed by atoms with E-state index in [2.05, 4.69) is 26.9 Å². The molecule has 0 bridgehead atoms. The summed E-state index contributed by atoms with van der Waals surface area (Å²) < 4.78 is 7.05. The van der Waals surface area contributed by atoms with E-state index in [0.29, 0.717) is 11.0 Å². The number of nitrogens with one attached hydrogen (secondary N) is 1. The highest BCUT2D eigenvalue weighted by Crippen LogP contribution is 2.32. The summed E-state index contributed by atoms with van der Waals surface area (Å²) in [5.74, 6) is 1.39. The van der Waals surface area contributed by atoms with Gasteiger partial charge in [0, 0.05) is 16.3 Å². The summed E-state index contributed by atoms with van der Waals surface area (Å²) in [4.78, 5) is 0. The number of anilines is 1. The standard InChI is InChI=1S/C17H14ClN5O/c1-24-14-4-2-3-12(9-14)15-10-16(11-5-7-13(18)8-6-11)23-17(19-15)20-21-22-23/h2-10,16H,1H3,(H,19,20,22)/t16-/m0/s1. The number of allylic oxidation sites excluding steroid dienone is 1. The maximum atomic E-state index is 6.00. The van der Waals surface area contributed by atoms with E-state index < -0.39 is 0 Å². The lowest BCUT2D eigenvalue weighted by Gasteiger charge is -2.23. The molecule has 0 fully saturated rings. The lowest BCUT2D eigenvalue weighted by Crippen LogP contribution is -2.20. The highest BCUT2D eigenvalue weighted by Gasteiger charge is 2.24. The zero-order valence-corrected chi connectivity index (χ0v) is 13.6. The van der Waals surface area contributed by atoms with Crippen molar-refractivity contribution in [2.45, 2.75) is 6.04 Å². The SMILES string of the molecule is COc1cccc(C2=C[C@@H](c3ccc(Cl)cc3)n3nnnc3N2)c1. The molecule has 1 aliphatic heterocycles. The van der Waals surface area contributed by atoms with Crippen molar-refractivity contribution in [1.29, 1.82) is 0 Å². The van der Waals surface area contributed by atoms with Crippen molar-refractivity contribution in [2.24, 2.45) is 0 Å². The fraction of sp³-hybridized carbons (Fsp3) is 0.118. The Kier molecular flexibility index (Phi) is 3.66. The van der Waals surface area contributed by atoms with Crippen LogP contribution in [0.1, 0.15) is 17.2 Å². The number of fused-ring (bicyclic) bond motifs is 1. The summed E-state index contributed by atoms with van der Waals surface area (Å²) >= 11 is 6.00. The predicted octanol–water partition coefficient (Wildman–Crippen LogP) is 3.39. The van der Waals surface area contributed by atoms with Gasteiger partial charge in [0.25, 0.3) is 0 Å². The molecule has 0 saturated heterocycles. The van der Waals surface area contributed by atoms with Gasteiger partial charge in [-0.1, -0.05) is 41.0 Å². The fourth-order valence-electron chi connectivity index (χ4n) is 2.71. The molecule has 0 aliphatic carbocycles. The van der Waals surface area contributed by atoms with Crippen molar-refractivity contribution >= 4 is 23.2 Å². The molecule has 0 unspecified atom stereocenters. The van der Waals surface area contributed by atoms with Gasteiger partial charge in [0.15, 0.2) is 0 Å². The number of halogens is 1. The number of hydrogen-bond donors (Lipinski definition) is 1. The molecular weight excluding hydrogens is 326 g/mol. The molecular formula is C17H14ClN5O. The Morgan fingerprint density at radius 3 is 2.79 bits per heavy atom. The Morgan fingerprint density at radius 1 is 1.17 bits per heavy atom. The molecule has 0 radical (unpaired) electrons. The average Bonchev–Trinajstić information content (AvgIpc) is 3.10. The largest absolute Gasteiger partial charge is 0.497 e. The Balaban J connectivity index is 1.79. The smallest absolute Gasteiger partial charge is 0.248 e. The third-order valence-electron chi connectivity index (χ3n) is 3.92. The number of aromatic nitrogens is 4. The van der Waals surface area contributed by atoms with Gasteiger partial charge in [-0.15, -0.1) is 0 Å². The number of methoxy groups -OCH3 is 1. The molecule has 1 aromatic heterocycles. The lowest BCUT2D eigenvalue weighted by molar-refractivity contribution is 0.414. The maximum absolute atomic E-state index is 6.00. The quantitative estimate of drug-likeness (QED) is 0.792. The molecule has 4 rings (SSSR count). The van der Waals surface area contributed by atoms with Crippen LogP contribution in [0.3, 0.4) is 0 Å². The number of tetrazole rings is 1. The van der Waals surface area contributed by atoms with Crippen LogP contribution in [0, 0.1) is 0 Å². The van der Waals surface area contributed by atoms with Gasteiger partial charge in [0.2, 0.25) is 5.95 Å². The molecule has 0 amide bonds. The first-order chi connectivity index (χ1) is 11.7. The van der Waals surface area contributed by atoms with E-state index in [9.17, 15) is 0 Å². The third-order valence-corrected chi connectivity index (χ3v) is 4.17.